The van der Waals surface area contributed by atoms with Crippen molar-refractivity contribution in [3.63, 3.8) is 0 Å². The Balaban J connectivity index is 1.93. The highest BCUT2D eigenvalue weighted by atomic mass is 35.5. The molecule has 0 aliphatic heterocycles. The Labute approximate surface area is 130 Å². The van der Waals surface area contributed by atoms with Crippen LogP contribution < -0.4 is 5.32 Å². The number of halogens is 2. The first-order valence-corrected chi connectivity index (χ1v) is 6.86. The molecule has 0 saturated carbocycles. The Hall–Kier alpha value is -2.17. The van der Waals surface area contributed by atoms with Gasteiger partial charge in [0.25, 0.3) is 5.91 Å². The maximum Gasteiger partial charge on any atom is 0.257 e. The van der Waals surface area contributed by atoms with Gasteiger partial charge in [0.1, 0.15) is 5.15 Å². The molecule has 1 N–H and O–H groups in total. The summed E-state index contributed by atoms with van der Waals surface area (Å²) in [5, 5.41) is 4.33. The molecule has 0 aliphatic rings. The molecule has 2 heterocycles. The van der Waals surface area contributed by atoms with Gasteiger partial charge in [-0.1, -0.05) is 29.3 Å². The molecule has 0 atom stereocenters. The van der Waals surface area contributed by atoms with Gasteiger partial charge in [-0.15, -0.1) is 0 Å². The maximum absolute atomic E-state index is 12.3. The lowest BCUT2D eigenvalue weighted by Crippen LogP contribution is -2.12. The van der Waals surface area contributed by atoms with E-state index in [2.05, 4.69) is 15.3 Å². The average molecular weight is 318 g/mol. The quantitative estimate of drug-likeness (QED) is 0.721. The smallest absolute Gasteiger partial charge is 0.257 e. The van der Waals surface area contributed by atoms with E-state index in [1.165, 1.54) is 6.20 Å². The number of fused-ring (bicyclic) bond motifs is 1. The fraction of sp³-hybridized carbons (Fsp3) is 0. The Morgan fingerprint density at radius 3 is 2.71 bits per heavy atom. The van der Waals surface area contributed by atoms with Gasteiger partial charge in [0, 0.05) is 11.6 Å². The van der Waals surface area contributed by atoms with E-state index in [9.17, 15) is 4.79 Å². The molecule has 0 radical (unpaired) electrons. The van der Waals surface area contributed by atoms with Crippen LogP contribution in [0.2, 0.25) is 10.2 Å². The second-order valence-corrected chi connectivity index (χ2v) is 5.15. The third-order valence-electron chi connectivity index (χ3n) is 2.92. The summed E-state index contributed by atoms with van der Waals surface area (Å²) in [5.74, 6) is -0.323. The number of nitrogens with zero attached hydrogens (tertiary/aromatic N) is 2. The lowest BCUT2D eigenvalue weighted by atomic mass is 10.1. The number of aromatic nitrogens is 2. The van der Waals surface area contributed by atoms with E-state index in [0.29, 0.717) is 26.9 Å². The van der Waals surface area contributed by atoms with Crippen molar-refractivity contribution in [1.29, 1.82) is 0 Å². The zero-order valence-electron chi connectivity index (χ0n) is 10.7. The first-order chi connectivity index (χ1) is 10.1. The number of rotatable bonds is 2. The lowest BCUT2D eigenvalue weighted by molar-refractivity contribution is 0.102. The number of nitrogens with one attached hydrogen (secondary N) is 1. The minimum atomic E-state index is -0.323. The predicted octanol–water partition coefficient (Wildman–Crippen LogP) is 4.19. The topological polar surface area (TPSA) is 54.9 Å². The van der Waals surface area contributed by atoms with Crippen molar-refractivity contribution in [3.05, 3.63) is 64.5 Å². The van der Waals surface area contributed by atoms with Crippen LogP contribution in [0.1, 0.15) is 10.4 Å². The molecule has 4 nitrogen and oxygen atoms in total. The molecular formula is C15H9Cl2N3O. The standard InChI is InChI=1S/C15H9Cl2N3O/c16-12-6-9-2-1-5-18-13(9)7-11(12)15(21)20-10-3-4-14(17)19-8-10/h1-8H,(H,20,21). The summed E-state index contributed by atoms with van der Waals surface area (Å²) in [4.78, 5) is 20.4. The second-order valence-electron chi connectivity index (χ2n) is 4.35. The van der Waals surface area contributed by atoms with Gasteiger partial charge < -0.3 is 5.32 Å². The molecule has 21 heavy (non-hydrogen) atoms. The monoisotopic (exact) mass is 317 g/mol. The summed E-state index contributed by atoms with van der Waals surface area (Å²) in [5.41, 5.74) is 1.61. The molecule has 0 saturated heterocycles. The summed E-state index contributed by atoms with van der Waals surface area (Å²) >= 11 is 11.9. The van der Waals surface area contributed by atoms with Gasteiger partial charge in [0.05, 0.1) is 28.0 Å². The molecule has 2 aromatic heterocycles. The molecule has 6 heteroatoms. The number of pyridine rings is 2. The summed E-state index contributed by atoms with van der Waals surface area (Å²) in [7, 11) is 0. The second kappa shape index (κ2) is 5.68. The number of hydrogen-bond acceptors (Lipinski definition) is 3. The number of hydrogen-bond donors (Lipinski definition) is 1. The van der Waals surface area contributed by atoms with E-state index < -0.39 is 0 Å². The van der Waals surface area contributed by atoms with E-state index in [1.54, 1.807) is 30.5 Å². The average Bonchev–Trinajstić information content (AvgIpc) is 2.49. The van der Waals surface area contributed by atoms with Crippen molar-refractivity contribution >= 4 is 45.7 Å². The van der Waals surface area contributed by atoms with E-state index in [1.807, 2.05) is 12.1 Å². The van der Waals surface area contributed by atoms with Gasteiger partial charge in [-0.2, -0.15) is 0 Å². The van der Waals surface area contributed by atoms with Gasteiger partial charge in [-0.25, -0.2) is 4.98 Å². The number of carbonyl (C=O) groups is 1. The van der Waals surface area contributed by atoms with E-state index >= 15 is 0 Å². The Morgan fingerprint density at radius 2 is 1.95 bits per heavy atom. The fourth-order valence-corrected chi connectivity index (χ4v) is 2.28. The SMILES string of the molecule is O=C(Nc1ccc(Cl)nc1)c1cc2ncccc2cc1Cl. The summed E-state index contributed by atoms with van der Waals surface area (Å²) in [6.45, 7) is 0. The first kappa shape index (κ1) is 13.8. The van der Waals surface area contributed by atoms with Crippen LogP contribution >= 0.6 is 23.2 Å². The fourth-order valence-electron chi connectivity index (χ4n) is 1.91. The number of carbonyl (C=O) groups excluding carboxylic acids is 1. The van der Waals surface area contributed by atoms with Gasteiger partial charge in [0.15, 0.2) is 0 Å². The molecule has 0 unspecified atom stereocenters. The van der Waals surface area contributed by atoms with Crippen LogP contribution in [-0.2, 0) is 0 Å². The summed E-state index contributed by atoms with van der Waals surface area (Å²) in [6, 6.07) is 10.4. The zero-order valence-corrected chi connectivity index (χ0v) is 12.2. The third kappa shape index (κ3) is 2.96. The third-order valence-corrected chi connectivity index (χ3v) is 3.46. The number of benzene rings is 1. The van der Waals surface area contributed by atoms with Crippen LogP contribution in [0.3, 0.4) is 0 Å². The minimum absolute atomic E-state index is 0.323. The molecule has 0 bridgehead atoms. The Kier molecular flexibility index (Phi) is 3.73. The number of anilines is 1. The highest BCUT2D eigenvalue weighted by molar-refractivity contribution is 6.35. The van der Waals surface area contributed by atoms with Crippen molar-refractivity contribution in [3.8, 4) is 0 Å². The lowest BCUT2D eigenvalue weighted by Gasteiger charge is -2.08. The molecule has 104 valence electrons. The molecular weight excluding hydrogens is 309 g/mol. The zero-order chi connectivity index (χ0) is 14.8. The molecule has 1 aromatic carbocycles. The minimum Gasteiger partial charge on any atom is -0.321 e. The van der Waals surface area contributed by atoms with Crippen molar-refractivity contribution in [2.45, 2.75) is 0 Å². The molecule has 0 fully saturated rings. The van der Waals surface area contributed by atoms with Gasteiger partial charge in [-0.05, 0) is 30.3 Å². The maximum atomic E-state index is 12.3. The first-order valence-electron chi connectivity index (χ1n) is 6.11. The predicted molar refractivity (Wildman–Crippen MR) is 84.0 cm³/mol. The summed E-state index contributed by atoms with van der Waals surface area (Å²) < 4.78 is 0. The normalized spacial score (nSPS) is 10.6. The van der Waals surface area contributed by atoms with Crippen LogP contribution in [0, 0.1) is 0 Å². The van der Waals surface area contributed by atoms with Crippen LogP contribution in [-0.4, -0.2) is 15.9 Å². The van der Waals surface area contributed by atoms with Crippen molar-refractivity contribution < 1.29 is 4.79 Å². The van der Waals surface area contributed by atoms with Gasteiger partial charge in [-0.3, -0.25) is 9.78 Å². The van der Waals surface area contributed by atoms with E-state index in [-0.39, 0.29) is 5.91 Å². The Bertz CT molecular complexity index is 819. The molecule has 3 aromatic rings. The van der Waals surface area contributed by atoms with Crippen molar-refractivity contribution in [2.75, 3.05) is 5.32 Å². The van der Waals surface area contributed by atoms with Gasteiger partial charge in [0.2, 0.25) is 0 Å². The van der Waals surface area contributed by atoms with E-state index in [4.69, 9.17) is 23.2 Å². The molecule has 0 aliphatic carbocycles. The van der Waals surface area contributed by atoms with Crippen LogP contribution in [0.25, 0.3) is 10.9 Å². The highest BCUT2D eigenvalue weighted by Crippen LogP contribution is 2.23. The summed E-state index contributed by atoms with van der Waals surface area (Å²) in [6.07, 6.45) is 3.15. The molecule has 0 spiro atoms. The van der Waals surface area contributed by atoms with Crippen LogP contribution in [0.15, 0.2) is 48.8 Å². The highest BCUT2D eigenvalue weighted by Gasteiger charge is 2.12. The molecule has 3 rings (SSSR count). The van der Waals surface area contributed by atoms with Crippen molar-refractivity contribution in [1.82, 2.24) is 9.97 Å². The largest absolute Gasteiger partial charge is 0.321 e. The van der Waals surface area contributed by atoms with Gasteiger partial charge >= 0.3 is 0 Å². The number of amides is 1. The van der Waals surface area contributed by atoms with Crippen molar-refractivity contribution in [2.24, 2.45) is 0 Å². The van der Waals surface area contributed by atoms with E-state index in [0.717, 1.165) is 5.39 Å². The Morgan fingerprint density at radius 1 is 1.10 bits per heavy atom. The van der Waals surface area contributed by atoms with Crippen LogP contribution in [0.4, 0.5) is 5.69 Å². The van der Waals surface area contributed by atoms with Crippen LogP contribution in [0.5, 0.6) is 0 Å². The molecule has 1 amide bonds.